The Kier molecular flexibility index (Phi) is 4.98. The number of aryl methyl sites for hydroxylation is 2. The maximum atomic E-state index is 13.1. The molecule has 146 valence electrons. The van der Waals surface area contributed by atoms with Gasteiger partial charge in [0.05, 0.1) is 12.5 Å². The standard InChI is InChI=1S/C21H25N5O2/c1-14-17(15(2)26-19(22-14)13-20(27)24-26)12-21(28)25-11-7-6-10-18(25)23-16-8-4-3-5-9-16/h6-7,10-11,13,16H,3-5,8-9,12H2,1-2H3,(H,24,27). The predicted molar refractivity (Wildman–Crippen MR) is 106 cm³/mol. The number of hydrogen-bond donors (Lipinski definition) is 1. The SMILES string of the molecule is Cc1nc2cc(=O)[nH]n2c(C)c1CC(=O)n1ccccc1=NC1CCCCC1. The van der Waals surface area contributed by atoms with E-state index in [1.807, 2.05) is 32.0 Å². The van der Waals surface area contributed by atoms with E-state index < -0.39 is 0 Å². The number of rotatable bonds is 3. The number of hydrogen-bond acceptors (Lipinski definition) is 4. The van der Waals surface area contributed by atoms with E-state index >= 15 is 0 Å². The molecular weight excluding hydrogens is 354 g/mol. The zero-order valence-corrected chi connectivity index (χ0v) is 16.3. The molecule has 1 aliphatic carbocycles. The van der Waals surface area contributed by atoms with Crippen molar-refractivity contribution in [2.75, 3.05) is 0 Å². The van der Waals surface area contributed by atoms with E-state index in [0.717, 1.165) is 29.8 Å². The summed E-state index contributed by atoms with van der Waals surface area (Å²) in [5, 5.41) is 2.73. The van der Waals surface area contributed by atoms with Gasteiger partial charge in [-0.15, -0.1) is 0 Å². The molecule has 28 heavy (non-hydrogen) atoms. The third-order valence-corrected chi connectivity index (χ3v) is 5.53. The lowest BCUT2D eigenvalue weighted by Crippen LogP contribution is -2.30. The Bertz CT molecular complexity index is 1150. The zero-order chi connectivity index (χ0) is 19.7. The molecule has 0 bridgehead atoms. The Morgan fingerprint density at radius 3 is 2.82 bits per heavy atom. The lowest BCUT2D eigenvalue weighted by molar-refractivity contribution is 0.0907. The summed E-state index contributed by atoms with van der Waals surface area (Å²) in [4.78, 5) is 34.1. The number of fused-ring (bicyclic) bond motifs is 1. The lowest BCUT2D eigenvalue weighted by Gasteiger charge is -2.18. The molecule has 0 unspecified atom stereocenters. The fourth-order valence-electron chi connectivity index (χ4n) is 4.00. The fourth-order valence-corrected chi connectivity index (χ4v) is 4.00. The van der Waals surface area contributed by atoms with Crippen molar-refractivity contribution >= 4 is 11.6 Å². The smallest absolute Gasteiger partial charge is 0.266 e. The average Bonchev–Trinajstić information content (AvgIpc) is 3.06. The van der Waals surface area contributed by atoms with Crippen LogP contribution in [0, 0.1) is 13.8 Å². The molecule has 7 nitrogen and oxygen atoms in total. The number of carbonyl (C=O) groups is 1. The number of pyridine rings is 1. The van der Waals surface area contributed by atoms with Gasteiger partial charge in [0.2, 0.25) is 5.91 Å². The lowest BCUT2D eigenvalue weighted by atomic mass is 9.96. The molecule has 0 amide bonds. The number of aromatic amines is 1. The summed E-state index contributed by atoms with van der Waals surface area (Å²) < 4.78 is 3.27. The quantitative estimate of drug-likeness (QED) is 0.759. The van der Waals surface area contributed by atoms with Crippen LogP contribution in [0.4, 0.5) is 0 Å². The van der Waals surface area contributed by atoms with Crippen LogP contribution < -0.4 is 11.0 Å². The van der Waals surface area contributed by atoms with Crippen LogP contribution in [0.3, 0.4) is 0 Å². The van der Waals surface area contributed by atoms with E-state index in [-0.39, 0.29) is 17.9 Å². The van der Waals surface area contributed by atoms with Crippen LogP contribution in [0.5, 0.6) is 0 Å². The van der Waals surface area contributed by atoms with Gasteiger partial charge in [-0.2, -0.15) is 0 Å². The molecule has 0 atom stereocenters. The Morgan fingerprint density at radius 2 is 2.04 bits per heavy atom. The van der Waals surface area contributed by atoms with Crippen molar-refractivity contribution in [2.45, 2.75) is 58.4 Å². The molecule has 0 aliphatic heterocycles. The molecule has 3 aromatic heterocycles. The van der Waals surface area contributed by atoms with Crippen LogP contribution in [0.25, 0.3) is 5.65 Å². The van der Waals surface area contributed by atoms with Crippen LogP contribution in [0.15, 0.2) is 40.2 Å². The molecule has 0 aromatic carbocycles. The van der Waals surface area contributed by atoms with E-state index in [4.69, 9.17) is 4.99 Å². The van der Waals surface area contributed by atoms with E-state index in [0.29, 0.717) is 17.2 Å². The van der Waals surface area contributed by atoms with Gasteiger partial charge in [-0.3, -0.25) is 24.2 Å². The Labute approximate surface area is 162 Å². The third-order valence-electron chi connectivity index (χ3n) is 5.53. The molecule has 0 radical (unpaired) electrons. The van der Waals surface area contributed by atoms with Gasteiger partial charge in [-0.25, -0.2) is 9.50 Å². The van der Waals surface area contributed by atoms with Crippen molar-refractivity contribution < 1.29 is 4.79 Å². The second kappa shape index (κ2) is 7.58. The van der Waals surface area contributed by atoms with Gasteiger partial charge in [0.1, 0.15) is 5.49 Å². The summed E-state index contributed by atoms with van der Waals surface area (Å²) >= 11 is 0. The topological polar surface area (TPSA) is 84.5 Å². The van der Waals surface area contributed by atoms with Crippen LogP contribution in [-0.2, 0) is 6.42 Å². The van der Waals surface area contributed by atoms with Crippen LogP contribution in [-0.4, -0.2) is 31.1 Å². The minimum absolute atomic E-state index is 0.0583. The first-order chi connectivity index (χ1) is 13.5. The van der Waals surface area contributed by atoms with Gasteiger partial charge in [-0.1, -0.05) is 25.3 Å². The van der Waals surface area contributed by atoms with Crippen molar-refractivity contribution in [3.05, 3.63) is 63.3 Å². The summed E-state index contributed by atoms with van der Waals surface area (Å²) in [6.07, 6.45) is 7.82. The minimum atomic E-state index is -0.204. The summed E-state index contributed by atoms with van der Waals surface area (Å²) in [5.41, 5.74) is 3.47. The summed E-state index contributed by atoms with van der Waals surface area (Å²) in [6, 6.07) is 7.42. The van der Waals surface area contributed by atoms with Gasteiger partial charge < -0.3 is 0 Å². The van der Waals surface area contributed by atoms with Crippen molar-refractivity contribution in [1.82, 2.24) is 19.2 Å². The number of aromatic nitrogens is 4. The maximum Gasteiger partial charge on any atom is 0.266 e. The molecular formula is C21H25N5O2. The molecule has 1 N–H and O–H groups in total. The molecule has 1 fully saturated rings. The normalized spacial score (nSPS) is 16.0. The van der Waals surface area contributed by atoms with E-state index in [1.165, 1.54) is 25.3 Å². The second-order valence-electron chi connectivity index (χ2n) is 7.50. The Balaban J connectivity index is 1.69. The zero-order valence-electron chi connectivity index (χ0n) is 16.3. The van der Waals surface area contributed by atoms with Gasteiger partial charge in [0.25, 0.3) is 5.56 Å². The summed E-state index contributed by atoms with van der Waals surface area (Å²) in [6.45, 7) is 3.76. The third kappa shape index (κ3) is 3.56. The molecule has 0 spiro atoms. The highest BCUT2D eigenvalue weighted by Gasteiger charge is 2.16. The maximum absolute atomic E-state index is 13.1. The predicted octanol–water partition coefficient (Wildman–Crippen LogP) is 2.56. The van der Waals surface area contributed by atoms with Gasteiger partial charge in [0, 0.05) is 29.2 Å². The molecule has 1 aliphatic rings. The number of H-pyrrole nitrogens is 1. The first-order valence-electron chi connectivity index (χ1n) is 9.85. The number of carbonyl (C=O) groups excluding carboxylic acids is 1. The van der Waals surface area contributed by atoms with Crippen molar-refractivity contribution in [2.24, 2.45) is 4.99 Å². The largest absolute Gasteiger partial charge is 0.274 e. The average molecular weight is 379 g/mol. The van der Waals surface area contributed by atoms with Crippen LogP contribution >= 0.6 is 0 Å². The highest BCUT2D eigenvalue weighted by molar-refractivity contribution is 5.81. The number of nitrogens with one attached hydrogen (secondary N) is 1. The molecule has 0 saturated heterocycles. The van der Waals surface area contributed by atoms with E-state index in [1.54, 1.807) is 15.3 Å². The monoisotopic (exact) mass is 379 g/mol. The highest BCUT2D eigenvalue weighted by Crippen LogP contribution is 2.19. The van der Waals surface area contributed by atoms with Crippen molar-refractivity contribution in [3.8, 4) is 0 Å². The van der Waals surface area contributed by atoms with Crippen LogP contribution in [0.1, 0.15) is 53.8 Å². The first-order valence-corrected chi connectivity index (χ1v) is 9.85. The summed E-state index contributed by atoms with van der Waals surface area (Å²) in [7, 11) is 0. The number of nitrogens with zero attached hydrogens (tertiary/aromatic N) is 4. The van der Waals surface area contributed by atoms with Crippen molar-refractivity contribution in [1.29, 1.82) is 0 Å². The van der Waals surface area contributed by atoms with E-state index in [9.17, 15) is 9.59 Å². The summed E-state index contributed by atoms with van der Waals surface area (Å²) in [5.74, 6) is -0.0583. The first kappa shape index (κ1) is 18.4. The Morgan fingerprint density at radius 1 is 1.25 bits per heavy atom. The Hall–Kier alpha value is -2.96. The minimum Gasteiger partial charge on any atom is -0.274 e. The van der Waals surface area contributed by atoms with Gasteiger partial charge in [-0.05, 0) is 38.8 Å². The molecule has 3 heterocycles. The van der Waals surface area contributed by atoms with E-state index in [2.05, 4.69) is 10.1 Å². The van der Waals surface area contributed by atoms with Gasteiger partial charge in [0.15, 0.2) is 5.65 Å². The van der Waals surface area contributed by atoms with Crippen molar-refractivity contribution in [3.63, 3.8) is 0 Å². The molecule has 4 rings (SSSR count). The van der Waals surface area contributed by atoms with Crippen LogP contribution in [0.2, 0.25) is 0 Å². The fraction of sp³-hybridized carbons (Fsp3) is 0.429. The second-order valence-corrected chi connectivity index (χ2v) is 7.50. The molecule has 7 heteroatoms. The van der Waals surface area contributed by atoms with Gasteiger partial charge >= 0.3 is 0 Å². The molecule has 3 aromatic rings. The molecule has 1 saturated carbocycles. The highest BCUT2D eigenvalue weighted by atomic mass is 16.2.